The summed E-state index contributed by atoms with van der Waals surface area (Å²) in [6.07, 6.45) is 0.478. The van der Waals surface area contributed by atoms with Gasteiger partial charge in [-0.25, -0.2) is 5.43 Å². The largest absolute Gasteiger partial charge is 0.508 e. The van der Waals surface area contributed by atoms with Gasteiger partial charge in [-0.15, -0.1) is 0 Å². The van der Waals surface area contributed by atoms with Crippen molar-refractivity contribution in [3.63, 3.8) is 0 Å². The summed E-state index contributed by atoms with van der Waals surface area (Å²) in [6.45, 7) is 8.07. The first-order chi connectivity index (χ1) is 13.1. The molecule has 1 aliphatic rings. The zero-order valence-electron chi connectivity index (χ0n) is 16.3. The maximum Gasteiger partial charge on any atom is 0.284 e. The van der Waals surface area contributed by atoms with E-state index in [1.54, 1.807) is 6.92 Å². The van der Waals surface area contributed by atoms with Crippen LogP contribution in [0.4, 0.5) is 0 Å². The summed E-state index contributed by atoms with van der Waals surface area (Å²) < 4.78 is 11.4. The molecule has 0 aliphatic carbocycles. The molecule has 1 atom stereocenters. The number of aryl methyl sites for hydroxylation is 1. The second kappa shape index (κ2) is 7.42. The first-order valence-electron chi connectivity index (χ1n) is 8.94. The van der Waals surface area contributed by atoms with Crippen LogP contribution in [0.2, 0.25) is 0 Å². The lowest BCUT2D eigenvalue weighted by molar-refractivity contribution is -0.130. The average molecular weight is 384 g/mol. The normalized spacial score (nSPS) is 16.2. The van der Waals surface area contributed by atoms with Gasteiger partial charge in [0.2, 0.25) is 6.10 Å². The second-order valence-corrected chi connectivity index (χ2v) is 7.76. The molecule has 7 heteroatoms. The summed E-state index contributed by atoms with van der Waals surface area (Å²) in [4.78, 5) is 12.4. The lowest BCUT2D eigenvalue weighted by Crippen LogP contribution is -2.42. The smallest absolute Gasteiger partial charge is 0.284 e. The number of fused-ring (bicyclic) bond motifs is 1. The van der Waals surface area contributed by atoms with Crippen LogP contribution in [0.25, 0.3) is 0 Å². The summed E-state index contributed by atoms with van der Waals surface area (Å²) >= 11 is 0. The van der Waals surface area contributed by atoms with E-state index >= 15 is 0 Å². The highest BCUT2D eigenvalue weighted by atomic mass is 16.6. The molecule has 1 amide bonds. The molecule has 2 aromatic rings. The van der Waals surface area contributed by atoms with E-state index in [1.807, 2.05) is 18.2 Å². The van der Waals surface area contributed by atoms with Crippen molar-refractivity contribution in [1.82, 2.24) is 5.43 Å². The minimum absolute atomic E-state index is 0.0442. The molecule has 0 spiro atoms. The number of aromatic hydroxyl groups is 2. The van der Waals surface area contributed by atoms with Gasteiger partial charge in [-0.1, -0.05) is 26.8 Å². The van der Waals surface area contributed by atoms with Gasteiger partial charge in [0.1, 0.15) is 18.1 Å². The van der Waals surface area contributed by atoms with Gasteiger partial charge in [-0.3, -0.25) is 4.79 Å². The molecule has 2 aromatic carbocycles. The van der Waals surface area contributed by atoms with Crippen LogP contribution in [-0.2, 0) is 10.2 Å². The molecule has 0 saturated heterocycles. The van der Waals surface area contributed by atoms with Gasteiger partial charge >= 0.3 is 0 Å². The maximum absolute atomic E-state index is 12.4. The zero-order valence-corrected chi connectivity index (χ0v) is 16.3. The molecule has 0 aromatic heterocycles. The molecular weight excluding hydrogens is 360 g/mol. The molecule has 0 radical (unpaired) electrons. The van der Waals surface area contributed by atoms with Gasteiger partial charge in [0, 0.05) is 11.6 Å². The number of hydrogen-bond donors (Lipinski definition) is 3. The van der Waals surface area contributed by atoms with Gasteiger partial charge in [-0.05, 0) is 41.7 Å². The van der Waals surface area contributed by atoms with E-state index < -0.39 is 12.0 Å². The standard InChI is InChI=1S/C21H24N2O5/c1-12-7-14(24)9-16(25)15(12)10-22-23-20(26)19-11-27-17-6-5-13(21(2,3)4)8-18(17)28-19/h5-10,19,24-25H,11H2,1-4H3,(H,23,26)/b22-10+. The summed E-state index contributed by atoms with van der Waals surface area (Å²) in [5, 5.41) is 23.2. The molecular formula is C21H24N2O5. The number of nitrogens with zero attached hydrogens (tertiary/aromatic N) is 1. The average Bonchev–Trinajstić information content (AvgIpc) is 2.62. The Bertz CT molecular complexity index is 908. The van der Waals surface area contributed by atoms with E-state index in [1.165, 1.54) is 18.3 Å². The molecule has 1 heterocycles. The number of amides is 1. The van der Waals surface area contributed by atoms with Gasteiger partial charge in [0.15, 0.2) is 11.5 Å². The Hall–Kier alpha value is -3.22. The number of phenolic OH excluding ortho intramolecular Hbond substituents is 2. The lowest BCUT2D eigenvalue weighted by Gasteiger charge is -2.27. The fourth-order valence-electron chi connectivity index (χ4n) is 2.83. The number of nitrogens with one attached hydrogen (secondary N) is 1. The molecule has 3 N–H and O–H groups in total. The molecule has 148 valence electrons. The van der Waals surface area contributed by atoms with E-state index in [0.29, 0.717) is 22.6 Å². The van der Waals surface area contributed by atoms with Crippen LogP contribution in [0.1, 0.15) is 37.5 Å². The number of hydrazone groups is 1. The number of benzene rings is 2. The van der Waals surface area contributed by atoms with E-state index in [0.717, 1.165) is 5.56 Å². The number of carbonyl (C=O) groups is 1. The van der Waals surface area contributed by atoms with Crippen molar-refractivity contribution in [2.24, 2.45) is 5.10 Å². The predicted molar refractivity (Wildman–Crippen MR) is 105 cm³/mol. The number of carbonyl (C=O) groups excluding carboxylic acids is 1. The number of ether oxygens (including phenoxy) is 2. The molecule has 0 fully saturated rings. The molecule has 0 bridgehead atoms. The fourth-order valence-corrected chi connectivity index (χ4v) is 2.83. The lowest BCUT2D eigenvalue weighted by atomic mass is 9.87. The molecule has 3 rings (SSSR count). The summed E-state index contributed by atoms with van der Waals surface area (Å²) in [5.74, 6) is 0.493. The monoisotopic (exact) mass is 384 g/mol. The summed E-state index contributed by atoms with van der Waals surface area (Å²) in [5.41, 5.74) is 4.44. The molecule has 28 heavy (non-hydrogen) atoms. The Kier molecular flexibility index (Phi) is 5.18. The summed E-state index contributed by atoms with van der Waals surface area (Å²) in [6, 6.07) is 8.41. The molecule has 1 unspecified atom stereocenters. The number of rotatable bonds is 3. The Morgan fingerprint density at radius 1 is 1.21 bits per heavy atom. The fraction of sp³-hybridized carbons (Fsp3) is 0.333. The zero-order chi connectivity index (χ0) is 20.5. The van der Waals surface area contributed by atoms with Crippen LogP contribution in [0.15, 0.2) is 35.4 Å². The quantitative estimate of drug-likeness (QED) is 0.558. The highest BCUT2D eigenvalue weighted by Gasteiger charge is 2.28. The predicted octanol–water partition coefficient (Wildman–Crippen LogP) is 2.99. The second-order valence-electron chi connectivity index (χ2n) is 7.76. The van der Waals surface area contributed by atoms with Crippen LogP contribution in [0, 0.1) is 6.92 Å². The van der Waals surface area contributed by atoms with Crippen LogP contribution in [0.5, 0.6) is 23.0 Å². The third-order valence-electron chi connectivity index (χ3n) is 4.48. The van der Waals surface area contributed by atoms with Crippen LogP contribution < -0.4 is 14.9 Å². The third kappa shape index (κ3) is 4.19. The van der Waals surface area contributed by atoms with Crippen LogP contribution >= 0.6 is 0 Å². The Balaban J connectivity index is 1.68. The third-order valence-corrected chi connectivity index (χ3v) is 4.48. The van der Waals surface area contributed by atoms with Crippen LogP contribution in [0.3, 0.4) is 0 Å². The topological polar surface area (TPSA) is 100 Å². The molecule has 0 saturated carbocycles. The van der Waals surface area contributed by atoms with Gasteiger partial charge in [0.25, 0.3) is 5.91 Å². The maximum atomic E-state index is 12.4. The Labute approximate surface area is 163 Å². The van der Waals surface area contributed by atoms with Crippen molar-refractivity contribution in [2.45, 2.75) is 39.2 Å². The highest BCUT2D eigenvalue weighted by Crippen LogP contribution is 2.36. The molecule has 1 aliphatic heterocycles. The Morgan fingerprint density at radius 3 is 2.64 bits per heavy atom. The minimum Gasteiger partial charge on any atom is -0.508 e. The highest BCUT2D eigenvalue weighted by molar-refractivity contribution is 5.88. The van der Waals surface area contributed by atoms with Crippen molar-refractivity contribution >= 4 is 12.1 Å². The Morgan fingerprint density at radius 2 is 1.96 bits per heavy atom. The number of hydrogen-bond acceptors (Lipinski definition) is 6. The van der Waals surface area contributed by atoms with Gasteiger partial charge in [-0.2, -0.15) is 5.10 Å². The molecule has 7 nitrogen and oxygen atoms in total. The first kappa shape index (κ1) is 19.5. The van der Waals surface area contributed by atoms with Gasteiger partial charge < -0.3 is 19.7 Å². The summed E-state index contributed by atoms with van der Waals surface area (Å²) in [7, 11) is 0. The first-order valence-corrected chi connectivity index (χ1v) is 8.94. The van der Waals surface area contributed by atoms with Gasteiger partial charge in [0.05, 0.1) is 6.21 Å². The van der Waals surface area contributed by atoms with Crippen molar-refractivity contribution in [1.29, 1.82) is 0 Å². The van der Waals surface area contributed by atoms with Crippen molar-refractivity contribution in [3.05, 3.63) is 47.0 Å². The van der Waals surface area contributed by atoms with Crippen molar-refractivity contribution in [3.8, 4) is 23.0 Å². The SMILES string of the molecule is Cc1cc(O)cc(O)c1/C=N/NC(=O)C1COc2ccc(C(C)(C)C)cc2O1. The van der Waals surface area contributed by atoms with Crippen molar-refractivity contribution < 1.29 is 24.5 Å². The van der Waals surface area contributed by atoms with E-state index in [4.69, 9.17) is 9.47 Å². The van der Waals surface area contributed by atoms with E-state index in [2.05, 4.69) is 31.3 Å². The van der Waals surface area contributed by atoms with E-state index in [9.17, 15) is 15.0 Å². The van der Waals surface area contributed by atoms with Crippen molar-refractivity contribution in [2.75, 3.05) is 6.61 Å². The number of phenols is 2. The van der Waals surface area contributed by atoms with E-state index in [-0.39, 0.29) is 23.5 Å². The van der Waals surface area contributed by atoms with Crippen LogP contribution in [-0.4, -0.2) is 35.0 Å². The minimum atomic E-state index is -0.839.